The van der Waals surface area contributed by atoms with Crippen LogP contribution in [0.15, 0.2) is 30.6 Å². The zero-order valence-corrected chi connectivity index (χ0v) is 9.28. The summed E-state index contributed by atoms with van der Waals surface area (Å²) in [5.74, 6) is -0.0355. The van der Waals surface area contributed by atoms with Gasteiger partial charge in [-0.3, -0.25) is 5.10 Å². The summed E-state index contributed by atoms with van der Waals surface area (Å²) in [7, 11) is 0. The fourth-order valence-electron chi connectivity index (χ4n) is 1.29. The van der Waals surface area contributed by atoms with Crippen molar-refractivity contribution in [1.82, 2.24) is 10.2 Å². The molecule has 0 bridgehead atoms. The number of esters is 1. The molecule has 0 saturated carbocycles. The van der Waals surface area contributed by atoms with Crippen LogP contribution < -0.4 is 4.74 Å². The highest BCUT2D eigenvalue weighted by Crippen LogP contribution is 2.21. The number of hydrogen-bond donors (Lipinski definition) is 1. The number of carbonyl (C=O) groups is 1. The molecule has 82 valence electrons. The highest BCUT2D eigenvalue weighted by atomic mass is 35.5. The summed E-state index contributed by atoms with van der Waals surface area (Å²) in [4.78, 5) is 11.6. The van der Waals surface area contributed by atoms with Crippen molar-refractivity contribution in [2.45, 2.75) is 6.92 Å². The maximum atomic E-state index is 11.6. The summed E-state index contributed by atoms with van der Waals surface area (Å²) in [5, 5.41) is 6.75. The van der Waals surface area contributed by atoms with Crippen LogP contribution in [0.3, 0.4) is 0 Å². The van der Waals surface area contributed by atoms with E-state index in [4.69, 9.17) is 16.3 Å². The van der Waals surface area contributed by atoms with Crippen LogP contribution in [0.25, 0.3) is 0 Å². The molecule has 1 aromatic carbocycles. The number of benzene rings is 1. The normalized spacial score (nSPS) is 10.1. The standard InChI is InChI=1S/C11H9ClN2O2/c1-7-2-9(12)4-10(3-7)16-11(15)8-5-13-14-6-8/h2-6H,1H3,(H,13,14). The highest BCUT2D eigenvalue weighted by molar-refractivity contribution is 6.30. The van der Waals surface area contributed by atoms with Gasteiger partial charge in [-0.25, -0.2) is 4.79 Å². The van der Waals surface area contributed by atoms with Gasteiger partial charge in [-0.05, 0) is 30.7 Å². The van der Waals surface area contributed by atoms with Gasteiger partial charge in [0.15, 0.2) is 0 Å². The molecule has 2 rings (SSSR count). The van der Waals surface area contributed by atoms with Crippen molar-refractivity contribution in [2.24, 2.45) is 0 Å². The minimum atomic E-state index is -0.463. The predicted octanol–water partition coefficient (Wildman–Crippen LogP) is 2.59. The van der Waals surface area contributed by atoms with E-state index in [0.717, 1.165) is 5.56 Å². The summed E-state index contributed by atoms with van der Waals surface area (Å²) in [6, 6.07) is 5.12. The van der Waals surface area contributed by atoms with Gasteiger partial charge in [0.1, 0.15) is 5.75 Å². The summed E-state index contributed by atoms with van der Waals surface area (Å²) in [6.07, 6.45) is 2.87. The molecule has 0 aliphatic carbocycles. The molecule has 5 heteroatoms. The monoisotopic (exact) mass is 236 g/mol. The fraction of sp³-hybridized carbons (Fsp3) is 0.0909. The maximum absolute atomic E-state index is 11.6. The molecule has 4 nitrogen and oxygen atoms in total. The van der Waals surface area contributed by atoms with E-state index in [1.165, 1.54) is 12.4 Å². The zero-order valence-electron chi connectivity index (χ0n) is 8.53. The number of aromatic nitrogens is 2. The van der Waals surface area contributed by atoms with Gasteiger partial charge in [0, 0.05) is 11.2 Å². The Morgan fingerprint density at radius 3 is 2.88 bits per heavy atom. The highest BCUT2D eigenvalue weighted by Gasteiger charge is 2.09. The second-order valence-corrected chi connectivity index (χ2v) is 3.78. The van der Waals surface area contributed by atoms with Gasteiger partial charge < -0.3 is 4.74 Å². The van der Waals surface area contributed by atoms with E-state index in [0.29, 0.717) is 16.3 Å². The number of rotatable bonds is 2. The molecule has 0 saturated heterocycles. The number of aromatic amines is 1. The first-order valence-electron chi connectivity index (χ1n) is 4.63. The van der Waals surface area contributed by atoms with E-state index in [1.807, 2.05) is 6.92 Å². The van der Waals surface area contributed by atoms with Gasteiger partial charge in [0.05, 0.1) is 11.8 Å². The number of carbonyl (C=O) groups excluding carboxylic acids is 1. The Kier molecular flexibility index (Phi) is 2.92. The number of hydrogen-bond acceptors (Lipinski definition) is 3. The number of nitrogens with zero attached hydrogens (tertiary/aromatic N) is 1. The Morgan fingerprint density at radius 2 is 2.25 bits per heavy atom. The lowest BCUT2D eigenvalue weighted by atomic mass is 10.2. The van der Waals surface area contributed by atoms with E-state index in [9.17, 15) is 4.79 Å². The number of aryl methyl sites for hydroxylation is 1. The zero-order chi connectivity index (χ0) is 11.5. The van der Waals surface area contributed by atoms with Gasteiger partial charge in [0.25, 0.3) is 0 Å². The molecule has 0 radical (unpaired) electrons. The van der Waals surface area contributed by atoms with Crippen molar-refractivity contribution < 1.29 is 9.53 Å². The smallest absolute Gasteiger partial charge is 0.346 e. The number of ether oxygens (including phenoxy) is 1. The van der Waals surface area contributed by atoms with Crippen molar-refractivity contribution >= 4 is 17.6 Å². The summed E-state index contributed by atoms with van der Waals surface area (Å²) in [6.45, 7) is 1.88. The van der Waals surface area contributed by atoms with Crippen LogP contribution in [0.2, 0.25) is 5.02 Å². The van der Waals surface area contributed by atoms with Crippen LogP contribution in [0.4, 0.5) is 0 Å². The second-order valence-electron chi connectivity index (χ2n) is 3.34. The van der Waals surface area contributed by atoms with Gasteiger partial charge in [-0.1, -0.05) is 11.6 Å². The Bertz CT molecular complexity index is 488. The van der Waals surface area contributed by atoms with Gasteiger partial charge in [-0.15, -0.1) is 0 Å². The van der Waals surface area contributed by atoms with Crippen LogP contribution in [0, 0.1) is 6.92 Å². The number of halogens is 1. The predicted molar refractivity (Wildman–Crippen MR) is 59.7 cm³/mol. The average Bonchev–Trinajstić information content (AvgIpc) is 2.68. The fourth-order valence-corrected chi connectivity index (χ4v) is 1.57. The van der Waals surface area contributed by atoms with E-state index >= 15 is 0 Å². The topological polar surface area (TPSA) is 55.0 Å². The van der Waals surface area contributed by atoms with Crippen LogP contribution in [-0.4, -0.2) is 16.2 Å². The molecule has 1 N–H and O–H groups in total. The molecule has 16 heavy (non-hydrogen) atoms. The lowest BCUT2D eigenvalue weighted by molar-refractivity contribution is 0.0735. The first-order valence-corrected chi connectivity index (χ1v) is 5.01. The average molecular weight is 237 g/mol. The minimum absolute atomic E-state index is 0.373. The molecular weight excluding hydrogens is 228 g/mol. The van der Waals surface area contributed by atoms with Gasteiger partial charge >= 0.3 is 5.97 Å². The molecule has 0 unspecified atom stereocenters. The van der Waals surface area contributed by atoms with Crippen LogP contribution in [0.1, 0.15) is 15.9 Å². The van der Waals surface area contributed by atoms with Crippen molar-refractivity contribution in [1.29, 1.82) is 0 Å². The summed E-state index contributed by atoms with van der Waals surface area (Å²) < 4.78 is 5.14. The van der Waals surface area contributed by atoms with E-state index in [2.05, 4.69) is 10.2 Å². The quantitative estimate of drug-likeness (QED) is 0.644. The Labute approximate surface area is 97.2 Å². The van der Waals surface area contributed by atoms with Crippen LogP contribution in [-0.2, 0) is 0 Å². The van der Waals surface area contributed by atoms with Crippen LogP contribution in [0.5, 0.6) is 5.75 Å². The van der Waals surface area contributed by atoms with E-state index in [-0.39, 0.29) is 0 Å². The molecule has 0 amide bonds. The molecule has 0 aliphatic heterocycles. The maximum Gasteiger partial charge on any atom is 0.346 e. The Morgan fingerprint density at radius 1 is 1.44 bits per heavy atom. The Balaban J connectivity index is 2.18. The largest absolute Gasteiger partial charge is 0.423 e. The van der Waals surface area contributed by atoms with Gasteiger partial charge in [-0.2, -0.15) is 5.10 Å². The molecule has 0 atom stereocenters. The van der Waals surface area contributed by atoms with Crippen molar-refractivity contribution in [3.05, 3.63) is 46.7 Å². The minimum Gasteiger partial charge on any atom is -0.423 e. The van der Waals surface area contributed by atoms with E-state index < -0.39 is 5.97 Å². The first kappa shape index (κ1) is 10.7. The molecule has 1 aromatic heterocycles. The first-order chi connectivity index (χ1) is 7.65. The third-order valence-electron chi connectivity index (χ3n) is 1.96. The lowest BCUT2D eigenvalue weighted by Crippen LogP contribution is -2.07. The third kappa shape index (κ3) is 2.41. The Hall–Kier alpha value is -1.81. The molecule has 0 fully saturated rings. The van der Waals surface area contributed by atoms with Crippen molar-refractivity contribution in [3.8, 4) is 5.75 Å². The van der Waals surface area contributed by atoms with Crippen LogP contribution >= 0.6 is 11.6 Å². The summed E-state index contributed by atoms with van der Waals surface area (Å²) in [5.41, 5.74) is 1.31. The molecule has 0 spiro atoms. The third-order valence-corrected chi connectivity index (χ3v) is 2.18. The van der Waals surface area contributed by atoms with E-state index in [1.54, 1.807) is 18.2 Å². The van der Waals surface area contributed by atoms with Crippen molar-refractivity contribution in [3.63, 3.8) is 0 Å². The molecule has 0 aliphatic rings. The SMILES string of the molecule is Cc1cc(Cl)cc(OC(=O)c2cn[nH]c2)c1. The molecule has 1 heterocycles. The number of nitrogens with one attached hydrogen (secondary N) is 1. The van der Waals surface area contributed by atoms with Crippen molar-refractivity contribution in [2.75, 3.05) is 0 Å². The lowest BCUT2D eigenvalue weighted by Gasteiger charge is -2.04. The second kappa shape index (κ2) is 4.37. The number of H-pyrrole nitrogens is 1. The molecular formula is C11H9ClN2O2. The van der Waals surface area contributed by atoms with Gasteiger partial charge in [0.2, 0.25) is 0 Å². The molecule has 2 aromatic rings. The summed E-state index contributed by atoms with van der Waals surface area (Å²) >= 11 is 5.85.